The van der Waals surface area contributed by atoms with E-state index in [9.17, 15) is 0 Å². The van der Waals surface area contributed by atoms with Crippen molar-refractivity contribution in [2.24, 2.45) is 5.73 Å². The Morgan fingerprint density at radius 2 is 2.15 bits per heavy atom. The number of ether oxygens (including phenoxy) is 2. The van der Waals surface area contributed by atoms with Gasteiger partial charge in [0.1, 0.15) is 17.3 Å². The third-order valence-corrected chi connectivity index (χ3v) is 4.78. The lowest BCUT2D eigenvalue weighted by atomic mass is 10.1. The monoisotopic (exact) mass is 311 g/mol. The molecule has 0 aliphatic rings. The van der Waals surface area contributed by atoms with Gasteiger partial charge in [-0.25, -0.2) is 4.98 Å². The molecule has 0 saturated carbocycles. The first kappa shape index (κ1) is 15.1. The Kier molecular flexibility index (Phi) is 5.22. The van der Waals surface area contributed by atoms with Crippen molar-refractivity contribution < 1.29 is 9.47 Å². The SMILES string of the molecule is COc1ccc(OC)c(C(N)CSc2nc(C)ns2)c1. The lowest BCUT2D eigenvalue weighted by Crippen LogP contribution is -2.14. The minimum atomic E-state index is -0.158. The molecule has 1 unspecified atom stereocenters. The number of nitrogens with two attached hydrogens (primary N) is 1. The van der Waals surface area contributed by atoms with E-state index in [0.717, 1.165) is 27.2 Å². The van der Waals surface area contributed by atoms with E-state index in [1.807, 2.05) is 25.1 Å². The number of methoxy groups -OCH3 is 2. The minimum absolute atomic E-state index is 0.158. The van der Waals surface area contributed by atoms with Gasteiger partial charge in [0.05, 0.1) is 14.2 Å². The molecule has 1 atom stereocenters. The molecule has 0 saturated heterocycles. The average molecular weight is 311 g/mol. The Bertz CT molecular complexity index is 574. The molecule has 1 aromatic carbocycles. The molecule has 20 heavy (non-hydrogen) atoms. The van der Waals surface area contributed by atoms with Crippen molar-refractivity contribution in [2.75, 3.05) is 20.0 Å². The van der Waals surface area contributed by atoms with E-state index in [-0.39, 0.29) is 6.04 Å². The molecule has 0 radical (unpaired) electrons. The molecule has 0 aliphatic carbocycles. The van der Waals surface area contributed by atoms with E-state index in [1.165, 1.54) is 11.5 Å². The molecular formula is C13H17N3O2S2. The van der Waals surface area contributed by atoms with Crippen LogP contribution in [0.2, 0.25) is 0 Å². The summed E-state index contributed by atoms with van der Waals surface area (Å²) in [5.74, 6) is 3.04. The molecule has 1 heterocycles. The Hall–Kier alpha value is -1.31. The highest BCUT2D eigenvalue weighted by Gasteiger charge is 2.14. The van der Waals surface area contributed by atoms with Crippen LogP contribution < -0.4 is 15.2 Å². The second kappa shape index (κ2) is 6.92. The topological polar surface area (TPSA) is 70.3 Å². The van der Waals surface area contributed by atoms with E-state index in [1.54, 1.807) is 26.0 Å². The van der Waals surface area contributed by atoms with Crippen molar-refractivity contribution in [3.8, 4) is 11.5 Å². The maximum atomic E-state index is 6.25. The summed E-state index contributed by atoms with van der Waals surface area (Å²) in [4.78, 5) is 4.31. The van der Waals surface area contributed by atoms with Gasteiger partial charge in [-0.15, -0.1) is 0 Å². The van der Waals surface area contributed by atoms with Crippen molar-refractivity contribution in [1.29, 1.82) is 0 Å². The van der Waals surface area contributed by atoms with Crippen molar-refractivity contribution in [3.05, 3.63) is 29.6 Å². The smallest absolute Gasteiger partial charge is 0.170 e. The van der Waals surface area contributed by atoms with Gasteiger partial charge in [-0.3, -0.25) is 0 Å². The van der Waals surface area contributed by atoms with Crippen LogP contribution in [-0.4, -0.2) is 29.3 Å². The Morgan fingerprint density at radius 1 is 1.35 bits per heavy atom. The standard InChI is InChI=1S/C13H17N3O2S2/c1-8-15-13(20-16-8)19-7-11(14)10-6-9(17-2)4-5-12(10)18-3/h4-6,11H,7,14H2,1-3H3. The van der Waals surface area contributed by atoms with E-state index >= 15 is 0 Å². The number of benzene rings is 1. The first-order chi connectivity index (χ1) is 9.63. The van der Waals surface area contributed by atoms with Gasteiger partial charge in [-0.1, -0.05) is 11.8 Å². The molecule has 0 amide bonds. The highest BCUT2D eigenvalue weighted by molar-refractivity contribution is 8.00. The lowest BCUT2D eigenvalue weighted by Gasteiger charge is -2.16. The third kappa shape index (κ3) is 3.62. The van der Waals surface area contributed by atoms with Gasteiger partial charge in [0.15, 0.2) is 4.34 Å². The summed E-state index contributed by atoms with van der Waals surface area (Å²) in [6.07, 6.45) is 0. The summed E-state index contributed by atoms with van der Waals surface area (Å²) in [6.45, 7) is 1.88. The van der Waals surface area contributed by atoms with Crippen LogP contribution in [0.1, 0.15) is 17.4 Å². The Balaban J connectivity index is 2.09. The number of rotatable bonds is 6. The van der Waals surface area contributed by atoms with E-state index in [4.69, 9.17) is 15.2 Å². The van der Waals surface area contributed by atoms with Crippen molar-refractivity contribution in [3.63, 3.8) is 0 Å². The van der Waals surface area contributed by atoms with Crippen molar-refractivity contribution in [1.82, 2.24) is 9.36 Å². The third-order valence-electron chi connectivity index (χ3n) is 2.73. The fourth-order valence-corrected chi connectivity index (χ4v) is 3.37. The fraction of sp³-hybridized carbons (Fsp3) is 0.385. The summed E-state index contributed by atoms with van der Waals surface area (Å²) in [7, 11) is 3.27. The highest BCUT2D eigenvalue weighted by Crippen LogP contribution is 2.32. The lowest BCUT2D eigenvalue weighted by molar-refractivity contribution is 0.396. The second-order valence-electron chi connectivity index (χ2n) is 4.13. The van der Waals surface area contributed by atoms with Crippen LogP contribution in [0.3, 0.4) is 0 Å². The number of aromatic nitrogens is 2. The number of aryl methyl sites for hydroxylation is 1. The average Bonchev–Trinajstić information content (AvgIpc) is 2.89. The summed E-state index contributed by atoms with van der Waals surface area (Å²) in [5, 5.41) is 0. The normalized spacial score (nSPS) is 12.2. The van der Waals surface area contributed by atoms with Gasteiger partial charge in [-0.05, 0) is 36.7 Å². The number of nitrogens with zero attached hydrogens (tertiary/aromatic N) is 2. The molecule has 108 valence electrons. The van der Waals surface area contributed by atoms with Crippen LogP contribution in [-0.2, 0) is 0 Å². The van der Waals surface area contributed by atoms with Crippen molar-refractivity contribution in [2.45, 2.75) is 17.3 Å². The predicted octanol–water partition coefficient (Wildman–Crippen LogP) is 2.66. The zero-order chi connectivity index (χ0) is 14.5. The zero-order valence-corrected chi connectivity index (χ0v) is 13.3. The molecular weight excluding hydrogens is 294 g/mol. The minimum Gasteiger partial charge on any atom is -0.497 e. The number of thioether (sulfide) groups is 1. The van der Waals surface area contributed by atoms with E-state index in [0.29, 0.717) is 5.75 Å². The van der Waals surface area contributed by atoms with Crippen LogP contribution in [0.4, 0.5) is 0 Å². The van der Waals surface area contributed by atoms with Gasteiger partial charge in [-0.2, -0.15) is 4.37 Å². The van der Waals surface area contributed by atoms with E-state index < -0.39 is 0 Å². The zero-order valence-electron chi connectivity index (χ0n) is 11.6. The summed E-state index contributed by atoms with van der Waals surface area (Å²) < 4.78 is 15.7. The largest absolute Gasteiger partial charge is 0.497 e. The van der Waals surface area contributed by atoms with Crippen LogP contribution in [0.15, 0.2) is 22.5 Å². The van der Waals surface area contributed by atoms with Gasteiger partial charge in [0.25, 0.3) is 0 Å². The Morgan fingerprint density at radius 3 is 2.75 bits per heavy atom. The van der Waals surface area contributed by atoms with Crippen molar-refractivity contribution >= 4 is 23.3 Å². The van der Waals surface area contributed by atoms with Crippen LogP contribution >= 0.6 is 23.3 Å². The molecule has 0 bridgehead atoms. The highest BCUT2D eigenvalue weighted by atomic mass is 32.2. The quantitative estimate of drug-likeness (QED) is 0.827. The molecule has 0 aliphatic heterocycles. The predicted molar refractivity (Wildman–Crippen MR) is 81.8 cm³/mol. The number of hydrogen-bond acceptors (Lipinski definition) is 7. The van der Waals surface area contributed by atoms with Gasteiger partial charge >= 0.3 is 0 Å². The molecule has 1 aromatic heterocycles. The first-order valence-electron chi connectivity index (χ1n) is 6.04. The maximum Gasteiger partial charge on any atom is 0.170 e. The summed E-state index contributed by atoms with van der Waals surface area (Å²) >= 11 is 3.00. The molecule has 2 N–H and O–H groups in total. The molecule has 2 aromatic rings. The van der Waals surface area contributed by atoms with Crippen LogP contribution in [0.25, 0.3) is 0 Å². The molecule has 5 nitrogen and oxygen atoms in total. The fourth-order valence-electron chi connectivity index (χ4n) is 1.72. The first-order valence-corrected chi connectivity index (χ1v) is 7.80. The van der Waals surface area contributed by atoms with Crippen LogP contribution in [0, 0.1) is 6.92 Å². The molecule has 7 heteroatoms. The second-order valence-corrected chi connectivity index (χ2v) is 6.15. The summed E-state index contributed by atoms with van der Waals surface area (Å²) in [6, 6.07) is 5.48. The summed E-state index contributed by atoms with van der Waals surface area (Å²) in [5.41, 5.74) is 7.18. The molecule has 2 rings (SSSR count). The van der Waals surface area contributed by atoms with Gasteiger partial charge in [0, 0.05) is 17.4 Å². The van der Waals surface area contributed by atoms with E-state index in [2.05, 4.69) is 9.36 Å². The Labute approximate surface area is 126 Å². The van der Waals surface area contributed by atoms with Crippen LogP contribution in [0.5, 0.6) is 11.5 Å². The molecule has 0 spiro atoms. The van der Waals surface area contributed by atoms with Gasteiger partial charge < -0.3 is 15.2 Å². The number of hydrogen-bond donors (Lipinski definition) is 1. The maximum absolute atomic E-state index is 6.25. The molecule has 0 fully saturated rings. The van der Waals surface area contributed by atoms with Gasteiger partial charge in [0.2, 0.25) is 0 Å².